The Morgan fingerprint density at radius 2 is 2.00 bits per heavy atom. The van der Waals surface area contributed by atoms with E-state index in [1.54, 1.807) is 11.8 Å². The molecule has 0 radical (unpaired) electrons. The maximum Gasteiger partial charge on any atom is 0.251 e. The lowest BCUT2D eigenvalue weighted by molar-refractivity contribution is 0.417. The Morgan fingerprint density at radius 1 is 1.33 bits per heavy atom. The van der Waals surface area contributed by atoms with E-state index in [1.165, 1.54) is 0 Å². The molecule has 0 aliphatic carbocycles. The Hall–Kier alpha value is -0.743. The second kappa shape index (κ2) is 5.93. The first-order valence-electron chi connectivity index (χ1n) is 6.20. The molecule has 0 N–H and O–H groups in total. The van der Waals surface area contributed by atoms with E-state index < -0.39 is 8.32 Å². The van der Waals surface area contributed by atoms with Gasteiger partial charge in [-0.05, 0) is 55.0 Å². The molecule has 0 amide bonds. The molecular weight excluding hydrogens is 258 g/mol. The Morgan fingerprint density at radius 3 is 2.44 bits per heavy atom. The van der Waals surface area contributed by atoms with Gasteiger partial charge in [0.15, 0.2) is 0 Å². The highest BCUT2D eigenvalue weighted by molar-refractivity contribution is 8.02. The molecule has 0 fully saturated rings. The molecule has 0 aromatic carbocycles. The average Bonchev–Trinajstić information content (AvgIpc) is 2.27. The van der Waals surface area contributed by atoms with Crippen molar-refractivity contribution in [2.45, 2.75) is 50.9 Å². The highest BCUT2D eigenvalue weighted by Crippen LogP contribution is 2.40. The van der Waals surface area contributed by atoms with Gasteiger partial charge in [0.05, 0.1) is 0 Å². The van der Waals surface area contributed by atoms with Gasteiger partial charge in [-0.1, -0.05) is 26.8 Å². The van der Waals surface area contributed by atoms with Gasteiger partial charge >= 0.3 is 0 Å². The summed E-state index contributed by atoms with van der Waals surface area (Å²) in [7, 11) is -1.76. The fourth-order valence-corrected chi connectivity index (χ4v) is 3.36. The molecule has 0 bridgehead atoms. The number of hydrogen-bond acceptors (Lipinski definition) is 3. The first kappa shape index (κ1) is 15.3. The third kappa shape index (κ3) is 4.17. The quantitative estimate of drug-likeness (QED) is 0.437. The van der Waals surface area contributed by atoms with Crippen LogP contribution >= 0.6 is 11.8 Å². The second-order valence-corrected chi connectivity index (χ2v) is 11.5. The van der Waals surface area contributed by atoms with Crippen molar-refractivity contribution in [2.75, 3.05) is 0 Å². The van der Waals surface area contributed by atoms with Crippen molar-refractivity contribution < 1.29 is 4.43 Å². The van der Waals surface area contributed by atoms with Gasteiger partial charge in [0, 0.05) is 6.20 Å². The first-order valence-corrected chi connectivity index (χ1v) is 9.93. The van der Waals surface area contributed by atoms with E-state index in [2.05, 4.69) is 38.8 Å². The topological polar surface area (TPSA) is 22.1 Å². The molecule has 0 aliphatic rings. The lowest BCUT2D eigenvalue weighted by Gasteiger charge is -2.36. The molecule has 0 spiro atoms. The smallest absolute Gasteiger partial charge is 0.251 e. The normalized spacial score (nSPS) is 13.6. The van der Waals surface area contributed by atoms with Gasteiger partial charge in [-0.2, -0.15) is 0 Å². The van der Waals surface area contributed by atoms with Gasteiger partial charge in [-0.15, -0.1) is 0 Å². The van der Waals surface area contributed by atoms with Crippen LogP contribution in [0.2, 0.25) is 18.1 Å². The SMILES string of the molecule is C/C=C(/O[Si](C)(C)C(C)(C)C)Sc1ccccn1. The molecular formula is C14H23NOSSi. The minimum absolute atomic E-state index is 0.214. The number of hydrogen-bond donors (Lipinski definition) is 0. The molecule has 1 aromatic rings. The second-order valence-electron chi connectivity index (χ2n) is 5.74. The van der Waals surface area contributed by atoms with Crippen molar-refractivity contribution >= 4 is 20.1 Å². The largest absolute Gasteiger partial charge is 0.539 e. The summed E-state index contributed by atoms with van der Waals surface area (Å²) in [5.41, 5.74) is 0. The Bertz CT molecular complexity index is 410. The first-order chi connectivity index (χ1) is 8.26. The third-order valence-electron chi connectivity index (χ3n) is 3.24. The Kier molecular flexibility index (Phi) is 5.05. The summed E-state index contributed by atoms with van der Waals surface area (Å²) in [6.07, 6.45) is 3.84. The summed E-state index contributed by atoms with van der Waals surface area (Å²) < 4.78 is 6.28. The van der Waals surface area contributed by atoms with Crippen molar-refractivity contribution in [3.8, 4) is 0 Å². The summed E-state index contributed by atoms with van der Waals surface area (Å²) in [5.74, 6) is 0. The zero-order chi connectivity index (χ0) is 13.8. The van der Waals surface area contributed by atoms with E-state index in [-0.39, 0.29) is 5.04 Å². The number of allylic oxidation sites excluding steroid dienone is 1. The van der Waals surface area contributed by atoms with Crippen molar-refractivity contribution in [3.05, 3.63) is 35.6 Å². The van der Waals surface area contributed by atoms with E-state index in [1.807, 2.05) is 37.4 Å². The summed E-state index contributed by atoms with van der Waals surface area (Å²) in [6.45, 7) is 13.3. The lowest BCUT2D eigenvalue weighted by atomic mass is 10.2. The van der Waals surface area contributed by atoms with E-state index in [0.29, 0.717) is 0 Å². The molecule has 0 atom stereocenters. The zero-order valence-corrected chi connectivity index (χ0v) is 14.0. The van der Waals surface area contributed by atoms with Crippen LogP contribution < -0.4 is 0 Å². The van der Waals surface area contributed by atoms with Crippen LogP contribution in [0.15, 0.2) is 40.6 Å². The van der Waals surface area contributed by atoms with Crippen LogP contribution in [0, 0.1) is 0 Å². The molecule has 4 heteroatoms. The molecule has 0 aliphatic heterocycles. The summed E-state index contributed by atoms with van der Waals surface area (Å²) in [5, 5.41) is 2.15. The lowest BCUT2D eigenvalue weighted by Crippen LogP contribution is -2.40. The van der Waals surface area contributed by atoms with Crippen LogP contribution in [0.5, 0.6) is 0 Å². The highest BCUT2D eigenvalue weighted by Gasteiger charge is 2.39. The van der Waals surface area contributed by atoms with Gasteiger partial charge in [0.1, 0.15) is 10.1 Å². The van der Waals surface area contributed by atoms with E-state index in [0.717, 1.165) is 10.1 Å². The minimum Gasteiger partial charge on any atom is -0.539 e. The Balaban J connectivity index is 2.76. The molecule has 1 aromatic heterocycles. The van der Waals surface area contributed by atoms with Crippen LogP contribution in [0.25, 0.3) is 0 Å². The molecule has 0 saturated heterocycles. The fourth-order valence-electron chi connectivity index (χ4n) is 1.05. The minimum atomic E-state index is -1.76. The molecule has 0 unspecified atom stereocenters. The predicted molar refractivity (Wildman–Crippen MR) is 82.1 cm³/mol. The number of pyridine rings is 1. The highest BCUT2D eigenvalue weighted by atomic mass is 32.2. The number of aromatic nitrogens is 1. The summed E-state index contributed by atoms with van der Waals surface area (Å²) >= 11 is 1.59. The van der Waals surface area contributed by atoms with E-state index in [9.17, 15) is 0 Å². The third-order valence-corrected chi connectivity index (χ3v) is 8.70. The van der Waals surface area contributed by atoms with Gasteiger partial charge < -0.3 is 4.43 Å². The summed E-state index contributed by atoms with van der Waals surface area (Å²) in [4.78, 5) is 4.32. The average molecular weight is 281 g/mol. The fraction of sp³-hybridized carbons (Fsp3) is 0.500. The van der Waals surface area contributed by atoms with Gasteiger partial charge in [-0.3, -0.25) is 0 Å². The number of nitrogens with zero attached hydrogens (tertiary/aromatic N) is 1. The van der Waals surface area contributed by atoms with Gasteiger partial charge in [-0.25, -0.2) is 4.98 Å². The maximum atomic E-state index is 6.28. The van der Waals surface area contributed by atoms with E-state index in [4.69, 9.17) is 4.43 Å². The van der Waals surface area contributed by atoms with Crippen LogP contribution in [0.1, 0.15) is 27.7 Å². The predicted octanol–water partition coefficient (Wildman–Crippen LogP) is 5.06. The van der Waals surface area contributed by atoms with Crippen LogP contribution in [0.4, 0.5) is 0 Å². The molecule has 1 heterocycles. The standard InChI is InChI=1S/C14H23NOSSi/c1-7-13(16-18(5,6)14(2,3)4)17-12-10-8-9-11-15-12/h7-11H,1-6H3/b13-7-. The Labute approximate surface area is 116 Å². The van der Waals surface area contributed by atoms with Crippen LogP contribution in [-0.4, -0.2) is 13.3 Å². The molecule has 18 heavy (non-hydrogen) atoms. The number of thioether (sulfide) groups is 1. The van der Waals surface area contributed by atoms with Crippen LogP contribution in [-0.2, 0) is 4.43 Å². The monoisotopic (exact) mass is 281 g/mol. The van der Waals surface area contributed by atoms with Crippen molar-refractivity contribution in [2.24, 2.45) is 0 Å². The van der Waals surface area contributed by atoms with Gasteiger partial charge in [0.25, 0.3) is 8.32 Å². The molecule has 0 saturated carbocycles. The van der Waals surface area contributed by atoms with E-state index >= 15 is 0 Å². The molecule has 2 nitrogen and oxygen atoms in total. The van der Waals surface area contributed by atoms with Crippen LogP contribution in [0.3, 0.4) is 0 Å². The maximum absolute atomic E-state index is 6.28. The molecule has 1 rings (SSSR count). The zero-order valence-electron chi connectivity index (χ0n) is 12.2. The number of rotatable bonds is 4. The summed E-state index contributed by atoms with van der Waals surface area (Å²) in [6, 6.07) is 5.92. The van der Waals surface area contributed by atoms with Crippen molar-refractivity contribution in [1.82, 2.24) is 4.98 Å². The van der Waals surface area contributed by atoms with Crippen molar-refractivity contribution in [3.63, 3.8) is 0 Å². The van der Waals surface area contributed by atoms with Gasteiger partial charge in [0.2, 0.25) is 0 Å². The molecule has 100 valence electrons. The van der Waals surface area contributed by atoms with Crippen molar-refractivity contribution in [1.29, 1.82) is 0 Å².